The Bertz CT molecular complexity index is 932. The Balaban J connectivity index is 1.70. The van der Waals surface area contributed by atoms with Crippen molar-refractivity contribution in [3.05, 3.63) is 54.6 Å². The molecule has 1 aliphatic heterocycles. The number of anilines is 1. The minimum atomic E-state index is -0.821. The van der Waals surface area contributed by atoms with E-state index in [-0.39, 0.29) is 0 Å². The molecule has 2 heterocycles. The lowest BCUT2D eigenvalue weighted by Crippen LogP contribution is -2.46. The van der Waals surface area contributed by atoms with Crippen molar-refractivity contribution in [3.8, 4) is 17.0 Å². The van der Waals surface area contributed by atoms with Crippen LogP contribution in [-0.4, -0.2) is 54.0 Å². The maximum atomic E-state index is 9.38. The lowest BCUT2D eigenvalue weighted by Gasteiger charge is -2.35. The van der Waals surface area contributed by atoms with Crippen molar-refractivity contribution in [2.24, 2.45) is 0 Å². The summed E-state index contributed by atoms with van der Waals surface area (Å²) in [5, 5.41) is 11.8. The molecule has 0 bridgehead atoms. The molecule has 1 aromatic heterocycles. The lowest BCUT2D eigenvalue weighted by molar-refractivity contribution is -0.000282. The molecule has 0 amide bonds. The van der Waals surface area contributed by atoms with Crippen LogP contribution in [0.2, 0.25) is 0 Å². The van der Waals surface area contributed by atoms with Crippen LogP contribution in [0.1, 0.15) is 13.8 Å². The van der Waals surface area contributed by atoms with Crippen molar-refractivity contribution in [1.82, 2.24) is 9.88 Å². The van der Waals surface area contributed by atoms with Gasteiger partial charge in [0.15, 0.2) is 6.29 Å². The largest absolute Gasteiger partial charge is 0.465 e. The number of aliphatic hydroxyl groups is 1. The van der Waals surface area contributed by atoms with Gasteiger partial charge in [-0.3, -0.25) is 0 Å². The number of rotatable bonds is 5. The average molecular weight is 377 g/mol. The van der Waals surface area contributed by atoms with Gasteiger partial charge in [-0.2, -0.15) is 0 Å². The molecule has 1 fully saturated rings. The highest BCUT2D eigenvalue weighted by Gasteiger charge is 2.19. The summed E-state index contributed by atoms with van der Waals surface area (Å²) in [6.45, 7) is 9.05. The fraction of sp³-hybridized carbons (Fsp3) is 0.348. The van der Waals surface area contributed by atoms with E-state index < -0.39 is 6.29 Å². The lowest BCUT2D eigenvalue weighted by atomic mass is 10.1. The van der Waals surface area contributed by atoms with Crippen LogP contribution in [0.15, 0.2) is 54.6 Å². The number of fused-ring (bicyclic) bond motifs is 1. The zero-order chi connectivity index (χ0) is 19.5. The summed E-state index contributed by atoms with van der Waals surface area (Å²) >= 11 is 0. The van der Waals surface area contributed by atoms with Crippen LogP contribution in [0.4, 0.5) is 5.82 Å². The molecular formula is C23H27N3O2. The fourth-order valence-electron chi connectivity index (χ4n) is 3.75. The van der Waals surface area contributed by atoms with Gasteiger partial charge in [0.05, 0.1) is 5.69 Å². The van der Waals surface area contributed by atoms with E-state index in [2.05, 4.69) is 47.1 Å². The molecule has 4 rings (SSSR count). The normalized spacial score (nSPS) is 16.3. The highest BCUT2D eigenvalue weighted by Crippen LogP contribution is 2.31. The molecule has 1 unspecified atom stereocenters. The molecule has 1 N–H and O–H groups in total. The minimum absolute atomic E-state index is 0.649. The zero-order valence-corrected chi connectivity index (χ0v) is 16.5. The van der Waals surface area contributed by atoms with E-state index in [1.807, 2.05) is 24.3 Å². The number of ether oxygens (including phenoxy) is 1. The SMILES string of the molecule is CCN1CCN(c2nc(-c3ccc(OC(C)O)cc3)cc3ccccc23)CC1. The number of aromatic nitrogens is 1. The van der Waals surface area contributed by atoms with E-state index in [0.29, 0.717) is 5.75 Å². The molecule has 1 saturated heterocycles. The Labute approximate surface area is 166 Å². The van der Waals surface area contributed by atoms with E-state index in [0.717, 1.165) is 49.8 Å². The molecule has 146 valence electrons. The van der Waals surface area contributed by atoms with Gasteiger partial charge >= 0.3 is 0 Å². The van der Waals surface area contributed by atoms with E-state index in [4.69, 9.17) is 9.72 Å². The van der Waals surface area contributed by atoms with Gasteiger partial charge in [0.2, 0.25) is 0 Å². The van der Waals surface area contributed by atoms with Gasteiger partial charge in [-0.05, 0) is 49.2 Å². The summed E-state index contributed by atoms with van der Waals surface area (Å²) in [6, 6.07) is 18.3. The second-order valence-corrected chi connectivity index (χ2v) is 7.22. The van der Waals surface area contributed by atoms with Crippen LogP contribution in [0.5, 0.6) is 5.75 Å². The Kier molecular flexibility index (Phi) is 5.46. The first-order chi connectivity index (χ1) is 13.6. The molecule has 3 aromatic rings. The van der Waals surface area contributed by atoms with Crippen LogP contribution < -0.4 is 9.64 Å². The maximum Gasteiger partial charge on any atom is 0.194 e. The number of hydrogen-bond donors (Lipinski definition) is 1. The van der Waals surface area contributed by atoms with E-state index in [1.54, 1.807) is 6.92 Å². The Morgan fingerprint density at radius 3 is 2.43 bits per heavy atom. The molecule has 1 aliphatic rings. The highest BCUT2D eigenvalue weighted by atomic mass is 16.6. The van der Waals surface area contributed by atoms with Crippen molar-refractivity contribution in [3.63, 3.8) is 0 Å². The molecule has 0 spiro atoms. The van der Waals surface area contributed by atoms with Crippen molar-refractivity contribution in [1.29, 1.82) is 0 Å². The first-order valence-corrected chi connectivity index (χ1v) is 9.96. The Morgan fingerprint density at radius 1 is 1.04 bits per heavy atom. The number of likely N-dealkylation sites (N-methyl/N-ethyl adjacent to an activating group) is 1. The monoisotopic (exact) mass is 377 g/mol. The smallest absolute Gasteiger partial charge is 0.194 e. The summed E-state index contributed by atoms with van der Waals surface area (Å²) < 4.78 is 5.34. The number of aliphatic hydroxyl groups excluding tert-OH is 1. The number of benzene rings is 2. The zero-order valence-electron chi connectivity index (χ0n) is 16.5. The van der Waals surface area contributed by atoms with Gasteiger partial charge in [-0.15, -0.1) is 0 Å². The molecule has 0 saturated carbocycles. The molecule has 0 radical (unpaired) electrons. The minimum Gasteiger partial charge on any atom is -0.465 e. The average Bonchev–Trinajstić information content (AvgIpc) is 2.73. The quantitative estimate of drug-likeness (QED) is 0.686. The van der Waals surface area contributed by atoms with Gasteiger partial charge in [0, 0.05) is 37.1 Å². The Hall–Kier alpha value is -2.63. The Morgan fingerprint density at radius 2 is 1.75 bits per heavy atom. The molecule has 1 atom stereocenters. The van der Waals surface area contributed by atoms with Gasteiger partial charge in [-0.25, -0.2) is 4.98 Å². The number of hydrogen-bond acceptors (Lipinski definition) is 5. The van der Waals surface area contributed by atoms with Gasteiger partial charge < -0.3 is 19.6 Å². The third kappa shape index (κ3) is 3.96. The van der Waals surface area contributed by atoms with E-state index in [1.165, 1.54) is 10.8 Å². The molecule has 5 heteroatoms. The molecular weight excluding hydrogens is 350 g/mol. The van der Waals surface area contributed by atoms with Crippen molar-refractivity contribution < 1.29 is 9.84 Å². The summed E-state index contributed by atoms with van der Waals surface area (Å²) in [5.41, 5.74) is 1.99. The van der Waals surface area contributed by atoms with Crippen LogP contribution >= 0.6 is 0 Å². The van der Waals surface area contributed by atoms with E-state index in [9.17, 15) is 5.11 Å². The van der Waals surface area contributed by atoms with Crippen LogP contribution in [-0.2, 0) is 0 Å². The molecule has 28 heavy (non-hydrogen) atoms. The van der Waals surface area contributed by atoms with Crippen LogP contribution in [0.3, 0.4) is 0 Å². The topological polar surface area (TPSA) is 48.8 Å². The summed E-state index contributed by atoms with van der Waals surface area (Å²) in [6.07, 6.45) is -0.821. The predicted octanol–water partition coefficient (Wildman–Crippen LogP) is 3.76. The third-order valence-corrected chi connectivity index (χ3v) is 5.30. The summed E-state index contributed by atoms with van der Waals surface area (Å²) in [4.78, 5) is 9.93. The molecule has 2 aromatic carbocycles. The van der Waals surface area contributed by atoms with Crippen LogP contribution in [0.25, 0.3) is 22.0 Å². The van der Waals surface area contributed by atoms with E-state index >= 15 is 0 Å². The van der Waals surface area contributed by atoms with Crippen molar-refractivity contribution in [2.45, 2.75) is 20.1 Å². The first kappa shape index (κ1) is 18.7. The van der Waals surface area contributed by atoms with Crippen LogP contribution in [0, 0.1) is 0 Å². The van der Waals surface area contributed by atoms with Gasteiger partial charge in [-0.1, -0.05) is 31.2 Å². The standard InChI is InChI=1S/C23H27N3O2/c1-3-25-12-14-26(15-13-25)23-21-7-5-4-6-19(21)16-22(24-23)18-8-10-20(11-9-18)28-17(2)27/h4-11,16-17,27H,3,12-15H2,1-2H3. The first-order valence-electron chi connectivity index (χ1n) is 9.96. The second-order valence-electron chi connectivity index (χ2n) is 7.22. The number of piperazine rings is 1. The predicted molar refractivity (Wildman–Crippen MR) is 114 cm³/mol. The second kappa shape index (κ2) is 8.17. The summed E-state index contributed by atoms with van der Waals surface area (Å²) in [5.74, 6) is 1.71. The third-order valence-electron chi connectivity index (χ3n) is 5.30. The van der Waals surface area contributed by atoms with Crippen molar-refractivity contribution >= 4 is 16.6 Å². The summed E-state index contributed by atoms with van der Waals surface area (Å²) in [7, 11) is 0. The number of pyridine rings is 1. The maximum absolute atomic E-state index is 9.38. The molecule has 5 nitrogen and oxygen atoms in total. The van der Waals surface area contributed by atoms with Gasteiger partial charge in [0.25, 0.3) is 0 Å². The van der Waals surface area contributed by atoms with Crippen molar-refractivity contribution in [2.75, 3.05) is 37.6 Å². The highest BCUT2D eigenvalue weighted by molar-refractivity contribution is 5.95. The molecule has 0 aliphatic carbocycles. The fourth-order valence-corrected chi connectivity index (χ4v) is 3.75. The number of nitrogens with zero attached hydrogens (tertiary/aromatic N) is 3. The van der Waals surface area contributed by atoms with Gasteiger partial charge in [0.1, 0.15) is 11.6 Å².